The van der Waals surface area contributed by atoms with Crippen molar-refractivity contribution in [1.29, 1.82) is 0 Å². The Bertz CT molecular complexity index is 491. The Morgan fingerprint density at radius 3 is 2.39 bits per heavy atom. The lowest BCUT2D eigenvalue weighted by molar-refractivity contribution is -0.0882. The van der Waals surface area contributed by atoms with Crippen LogP contribution in [0.15, 0.2) is 54.6 Å². The van der Waals surface area contributed by atoms with E-state index in [2.05, 4.69) is 6.58 Å². The number of hydrogen-bond acceptors (Lipinski definition) is 0. The molecule has 0 fully saturated rings. The standard InChI is InChI=1S/C15H15F3/c1-4-14(15(16,17)18)9-8-12(3)13-7-5-6-11(2)10-13/h4-10H,3H2,1-2H3/b9-8-,14-4+. The molecule has 0 N–H and O–H groups in total. The van der Waals surface area contributed by atoms with Crippen molar-refractivity contribution in [3.63, 3.8) is 0 Å². The van der Waals surface area contributed by atoms with E-state index in [1.54, 1.807) is 0 Å². The first-order chi connectivity index (χ1) is 8.34. The summed E-state index contributed by atoms with van der Waals surface area (Å²) in [6.07, 6.45) is -0.847. The molecule has 0 bridgehead atoms. The van der Waals surface area contributed by atoms with Crippen molar-refractivity contribution in [1.82, 2.24) is 0 Å². The first-order valence-corrected chi connectivity index (χ1v) is 5.52. The van der Waals surface area contributed by atoms with Crippen LogP contribution >= 0.6 is 0 Å². The van der Waals surface area contributed by atoms with Gasteiger partial charge >= 0.3 is 6.18 Å². The normalized spacial score (nSPS) is 13.1. The van der Waals surface area contributed by atoms with Crippen LogP contribution in [0.25, 0.3) is 5.57 Å². The fourth-order valence-corrected chi connectivity index (χ4v) is 1.49. The lowest BCUT2D eigenvalue weighted by Crippen LogP contribution is -2.09. The average molecular weight is 252 g/mol. The maximum Gasteiger partial charge on any atom is 0.416 e. The van der Waals surface area contributed by atoms with Crippen LogP contribution in [0.2, 0.25) is 0 Å². The molecule has 96 valence electrons. The number of hydrogen-bond donors (Lipinski definition) is 0. The van der Waals surface area contributed by atoms with Crippen molar-refractivity contribution in [3.8, 4) is 0 Å². The largest absolute Gasteiger partial charge is 0.416 e. The van der Waals surface area contributed by atoms with Gasteiger partial charge in [-0.3, -0.25) is 0 Å². The number of aryl methyl sites for hydroxylation is 1. The zero-order chi connectivity index (χ0) is 13.8. The SMILES string of the molecule is C=C(/C=C\C(=C/C)C(F)(F)F)c1cccc(C)c1. The van der Waals surface area contributed by atoms with Crippen LogP contribution in [0.3, 0.4) is 0 Å². The number of halogens is 3. The summed E-state index contributed by atoms with van der Waals surface area (Å²) in [6, 6.07) is 7.48. The summed E-state index contributed by atoms with van der Waals surface area (Å²) >= 11 is 0. The van der Waals surface area contributed by atoms with E-state index < -0.39 is 11.7 Å². The van der Waals surface area contributed by atoms with Gasteiger partial charge in [0.1, 0.15) is 0 Å². The van der Waals surface area contributed by atoms with Gasteiger partial charge in [-0.15, -0.1) is 0 Å². The van der Waals surface area contributed by atoms with Crippen molar-refractivity contribution in [2.75, 3.05) is 0 Å². The summed E-state index contributed by atoms with van der Waals surface area (Å²) in [5.41, 5.74) is 1.76. The zero-order valence-corrected chi connectivity index (χ0v) is 10.4. The number of rotatable bonds is 3. The second kappa shape index (κ2) is 5.71. The second-order valence-electron chi connectivity index (χ2n) is 3.97. The molecule has 0 aromatic heterocycles. The molecule has 0 spiro atoms. The Labute approximate surface area is 105 Å². The molecule has 0 atom stereocenters. The lowest BCUT2D eigenvalue weighted by atomic mass is 10.0. The molecule has 0 amide bonds. The van der Waals surface area contributed by atoms with E-state index in [0.717, 1.165) is 23.3 Å². The molecule has 1 rings (SSSR count). The highest BCUT2D eigenvalue weighted by atomic mass is 19.4. The first-order valence-electron chi connectivity index (χ1n) is 5.52. The highest BCUT2D eigenvalue weighted by Gasteiger charge is 2.30. The van der Waals surface area contributed by atoms with Crippen molar-refractivity contribution >= 4 is 5.57 Å². The van der Waals surface area contributed by atoms with E-state index in [1.165, 1.54) is 13.0 Å². The minimum absolute atomic E-state index is 0.558. The number of allylic oxidation sites excluding steroid dienone is 5. The fourth-order valence-electron chi connectivity index (χ4n) is 1.49. The molecular weight excluding hydrogens is 237 g/mol. The van der Waals surface area contributed by atoms with E-state index in [-0.39, 0.29) is 0 Å². The van der Waals surface area contributed by atoms with Crippen molar-refractivity contribution in [3.05, 3.63) is 65.8 Å². The second-order valence-corrected chi connectivity index (χ2v) is 3.97. The molecule has 18 heavy (non-hydrogen) atoms. The van der Waals surface area contributed by atoms with Crippen LogP contribution in [-0.2, 0) is 0 Å². The monoisotopic (exact) mass is 252 g/mol. The molecule has 0 heterocycles. The predicted octanol–water partition coefficient (Wildman–Crippen LogP) is 5.07. The smallest absolute Gasteiger partial charge is 0.166 e. The Morgan fingerprint density at radius 1 is 1.22 bits per heavy atom. The van der Waals surface area contributed by atoms with E-state index in [0.29, 0.717) is 5.57 Å². The fraction of sp³-hybridized carbons (Fsp3) is 0.200. The lowest BCUT2D eigenvalue weighted by Gasteiger charge is -2.07. The molecule has 0 radical (unpaired) electrons. The van der Waals surface area contributed by atoms with Gasteiger partial charge in [0.2, 0.25) is 0 Å². The first kappa shape index (κ1) is 14.3. The van der Waals surface area contributed by atoms with Crippen LogP contribution in [-0.4, -0.2) is 6.18 Å². The molecule has 0 unspecified atom stereocenters. The summed E-state index contributed by atoms with van der Waals surface area (Å²) in [6.45, 7) is 7.06. The average Bonchev–Trinajstić information content (AvgIpc) is 2.27. The highest BCUT2D eigenvalue weighted by molar-refractivity contribution is 5.72. The summed E-state index contributed by atoms with van der Waals surface area (Å²) in [7, 11) is 0. The molecule has 0 aliphatic rings. The van der Waals surface area contributed by atoms with Crippen molar-refractivity contribution in [2.24, 2.45) is 0 Å². The maximum absolute atomic E-state index is 12.5. The molecular formula is C15H15F3. The molecule has 3 heteroatoms. The van der Waals surface area contributed by atoms with Gasteiger partial charge in [-0.25, -0.2) is 0 Å². The van der Waals surface area contributed by atoms with E-state index in [4.69, 9.17) is 0 Å². The number of benzene rings is 1. The molecule has 1 aromatic rings. The van der Waals surface area contributed by atoms with Gasteiger partial charge in [-0.05, 0) is 31.1 Å². The summed E-state index contributed by atoms with van der Waals surface area (Å²) in [4.78, 5) is 0. The summed E-state index contributed by atoms with van der Waals surface area (Å²) in [5, 5.41) is 0. The molecule has 0 aliphatic carbocycles. The Hall–Kier alpha value is -1.77. The minimum Gasteiger partial charge on any atom is -0.166 e. The zero-order valence-electron chi connectivity index (χ0n) is 10.4. The van der Waals surface area contributed by atoms with E-state index in [9.17, 15) is 13.2 Å². The van der Waals surface area contributed by atoms with Gasteiger partial charge in [0.05, 0.1) is 5.57 Å². The number of alkyl halides is 3. The van der Waals surface area contributed by atoms with Gasteiger partial charge in [-0.1, -0.05) is 48.6 Å². The van der Waals surface area contributed by atoms with Crippen LogP contribution in [0.5, 0.6) is 0 Å². The predicted molar refractivity (Wildman–Crippen MR) is 69.2 cm³/mol. The van der Waals surface area contributed by atoms with Gasteiger partial charge in [-0.2, -0.15) is 13.2 Å². The third-order valence-electron chi connectivity index (χ3n) is 2.49. The minimum atomic E-state index is -4.32. The molecule has 0 aliphatic heterocycles. The molecule has 0 saturated carbocycles. The van der Waals surface area contributed by atoms with E-state index >= 15 is 0 Å². The molecule has 0 saturated heterocycles. The Morgan fingerprint density at radius 2 is 1.89 bits per heavy atom. The van der Waals surface area contributed by atoms with Gasteiger partial charge < -0.3 is 0 Å². The van der Waals surface area contributed by atoms with E-state index in [1.807, 2.05) is 31.2 Å². The topological polar surface area (TPSA) is 0 Å². The van der Waals surface area contributed by atoms with Crippen molar-refractivity contribution < 1.29 is 13.2 Å². The summed E-state index contributed by atoms with van der Waals surface area (Å²) in [5.74, 6) is 0. The Balaban J connectivity index is 2.89. The molecule has 0 nitrogen and oxygen atoms in total. The van der Waals surface area contributed by atoms with Crippen LogP contribution < -0.4 is 0 Å². The molecule has 1 aromatic carbocycles. The maximum atomic E-state index is 12.5. The van der Waals surface area contributed by atoms with Crippen LogP contribution in [0.4, 0.5) is 13.2 Å². The third kappa shape index (κ3) is 3.91. The quantitative estimate of drug-likeness (QED) is 0.658. The summed E-state index contributed by atoms with van der Waals surface area (Å²) < 4.78 is 37.5. The van der Waals surface area contributed by atoms with Crippen molar-refractivity contribution in [2.45, 2.75) is 20.0 Å². The third-order valence-corrected chi connectivity index (χ3v) is 2.49. The van der Waals surface area contributed by atoms with Gasteiger partial charge in [0.25, 0.3) is 0 Å². The van der Waals surface area contributed by atoms with Gasteiger partial charge in [0, 0.05) is 0 Å². The highest BCUT2D eigenvalue weighted by Crippen LogP contribution is 2.27. The van der Waals surface area contributed by atoms with Gasteiger partial charge in [0.15, 0.2) is 0 Å². The van der Waals surface area contributed by atoms with Crippen LogP contribution in [0, 0.1) is 6.92 Å². The van der Waals surface area contributed by atoms with Crippen LogP contribution in [0.1, 0.15) is 18.1 Å². The Kier molecular flexibility index (Phi) is 4.54.